The molecule has 1 aliphatic heterocycles. The molecule has 1 aliphatic rings. The summed E-state index contributed by atoms with van der Waals surface area (Å²) in [5.74, 6) is 1.61. The Labute approximate surface area is 119 Å². The zero-order chi connectivity index (χ0) is 14.7. The minimum absolute atomic E-state index is 0.0764. The van der Waals surface area contributed by atoms with Gasteiger partial charge in [-0.1, -0.05) is 0 Å². The second-order valence-electron chi connectivity index (χ2n) is 5.12. The number of likely N-dealkylation sites (tertiary alicyclic amines) is 1. The topological polar surface area (TPSA) is 50.8 Å². The largest absolute Gasteiger partial charge is 0.493 e. The first kappa shape index (κ1) is 14.7. The third-order valence-electron chi connectivity index (χ3n) is 3.81. The van der Waals surface area contributed by atoms with Crippen LogP contribution in [-0.4, -0.2) is 44.7 Å². The highest BCUT2D eigenvalue weighted by molar-refractivity contribution is 5.83. The Kier molecular flexibility index (Phi) is 4.49. The van der Waals surface area contributed by atoms with Crippen LogP contribution in [0, 0.1) is 6.92 Å². The maximum absolute atomic E-state index is 11.9. The van der Waals surface area contributed by atoms with Crippen molar-refractivity contribution >= 4 is 5.91 Å². The van der Waals surface area contributed by atoms with E-state index < -0.39 is 0 Å². The average molecular weight is 278 g/mol. The molecular formula is C15H22N2O3. The van der Waals surface area contributed by atoms with Crippen molar-refractivity contribution in [3.05, 3.63) is 23.3 Å². The van der Waals surface area contributed by atoms with Gasteiger partial charge >= 0.3 is 0 Å². The molecule has 1 fully saturated rings. The van der Waals surface area contributed by atoms with E-state index in [2.05, 4.69) is 5.32 Å². The number of hydrogen-bond acceptors (Lipinski definition) is 4. The predicted molar refractivity (Wildman–Crippen MR) is 77.2 cm³/mol. The van der Waals surface area contributed by atoms with E-state index in [-0.39, 0.29) is 11.9 Å². The van der Waals surface area contributed by atoms with E-state index in [0.717, 1.165) is 29.8 Å². The number of carbonyl (C=O) groups excluding carboxylic acids is 1. The van der Waals surface area contributed by atoms with Crippen molar-refractivity contribution in [1.29, 1.82) is 0 Å². The first-order chi connectivity index (χ1) is 9.56. The highest BCUT2D eigenvalue weighted by Gasteiger charge is 2.28. The van der Waals surface area contributed by atoms with Gasteiger partial charge in [0.25, 0.3) is 0 Å². The Hall–Kier alpha value is -1.75. The maximum atomic E-state index is 11.9. The van der Waals surface area contributed by atoms with E-state index in [4.69, 9.17) is 9.47 Å². The minimum atomic E-state index is -0.0764. The van der Waals surface area contributed by atoms with E-state index in [1.165, 1.54) is 0 Å². The van der Waals surface area contributed by atoms with Crippen LogP contribution in [0.4, 0.5) is 0 Å². The van der Waals surface area contributed by atoms with Gasteiger partial charge in [-0.05, 0) is 36.6 Å². The Morgan fingerprint density at radius 2 is 1.95 bits per heavy atom. The molecule has 1 atom stereocenters. The van der Waals surface area contributed by atoms with E-state index in [9.17, 15) is 4.79 Å². The summed E-state index contributed by atoms with van der Waals surface area (Å²) in [5, 5.41) is 3.32. The summed E-state index contributed by atoms with van der Waals surface area (Å²) in [5.41, 5.74) is 2.24. The summed E-state index contributed by atoms with van der Waals surface area (Å²) in [6.45, 7) is 3.50. The zero-order valence-electron chi connectivity index (χ0n) is 12.5. The van der Waals surface area contributed by atoms with Gasteiger partial charge in [-0.15, -0.1) is 0 Å². The Bertz CT molecular complexity index is 502. The first-order valence-corrected chi connectivity index (χ1v) is 6.76. The van der Waals surface area contributed by atoms with Crippen molar-refractivity contribution in [3.8, 4) is 11.5 Å². The van der Waals surface area contributed by atoms with Gasteiger partial charge in [0.2, 0.25) is 5.91 Å². The van der Waals surface area contributed by atoms with Crippen LogP contribution in [0.3, 0.4) is 0 Å². The van der Waals surface area contributed by atoms with Gasteiger partial charge in [0.1, 0.15) is 0 Å². The summed E-state index contributed by atoms with van der Waals surface area (Å²) in [6, 6.07) is 3.84. The van der Waals surface area contributed by atoms with Crippen molar-refractivity contribution in [2.75, 3.05) is 27.8 Å². The molecule has 1 N–H and O–H groups in total. The van der Waals surface area contributed by atoms with Crippen LogP contribution < -0.4 is 14.8 Å². The molecule has 2 rings (SSSR count). The lowest BCUT2D eigenvalue weighted by Crippen LogP contribution is -2.36. The van der Waals surface area contributed by atoms with Gasteiger partial charge in [0, 0.05) is 20.1 Å². The Balaban J connectivity index is 2.08. The third-order valence-corrected chi connectivity index (χ3v) is 3.81. The summed E-state index contributed by atoms with van der Waals surface area (Å²) >= 11 is 0. The molecular weight excluding hydrogens is 256 g/mol. The summed E-state index contributed by atoms with van der Waals surface area (Å²) < 4.78 is 10.6. The van der Waals surface area contributed by atoms with Crippen molar-refractivity contribution in [1.82, 2.24) is 10.2 Å². The molecule has 0 spiro atoms. The van der Waals surface area contributed by atoms with Gasteiger partial charge in [-0.3, -0.25) is 4.79 Å². The molecule has 110 valence electrons. The number of carbonyl (C=O) groups is 1. The summed E-state index contributed by atoms with van der Waals surface area (Å²) in [4.78, 5) is 13.6. The van der Waals surface area contributed by atoms with E-state index in [1.54, 1.807) is 19.1 Å². The molecule has 1 amide bonds. The van der Waals surface area contributed by atoms with Crippen LogP contribution in [-0.2, 0) is 11.3 Å². The van der Waals surface area contributed by atoms with Crippen LogP contribution in [0.5, 0.6) is 11.5 Å². The molecule has 0 aromatic heterocycles. The molecule has 1 heterocycles. The van der Waals surface area contributed by atoms with E-state index >= 15 is 0 Å². The molecule has 0 saturated carbocycles. The van der Waals surface area contributed by atoms with Gasteiger partial charge in [0.15, 0.2) is 11.5 Å². The van der Waals surface area contributed by atoms with Crippen molar-refractivity contribution in [2.24, 2.45) is 0 Å². The fourth-order valence-corrected chi connectivity index (χ4v) is 2.46. The summed E-state index contributed by atoms with van der Waals surface area (Å²) in [7, 11) is 5.09. The molecule has 0 unspecified atom stereocenters. The number of aryl methyl sites for hydroxylation is 1. The fourth-order valence-electron chi connectivity index (χ4n) is 2.46. The number of rotatable bonds is 5. The highest BCUT2D eigenvalue weighted by Crippen LogP contribution is 2.30. The Morgan fingerprint density at radius 1 is 1.30 bits per heavy atom. The van der Waals surface area contributed by atoms with Gasteiger partial charge in [-0.25, -0.2) is 0 Å². The molecule has 20 heavy (non-hydrogen) atoms. The maximum Gasteiger partial charge on any atom is 0.239 e. The number of amides is 1. The Morgan fingerprint density at radius 3 is 2.50 bits per heavy atom. The van der Waals surface area contributed by atoms with Crippen LogP contribution in [0.15, 0.2) is 12.1 Å². The smallest absolute Gasteiger partial charge is 0.239 e. The number of nitrogens with one attached hydrogen (secondary N) is 1. The molecule has 5 heteroatoms. The highest BCUT2D eigenvalue weighted by atomic mass is 16.5. The van der Waals surface area contributed by atoms with E-state index in [1.807, 2.05) is 26.1 Å². The molecule has 1 saturated heterocycles. The number of methoxy groups -OCH3 is 2. The number of benzene rings is 1. The van der Waals surface area contributed by atoms with Crippen LogP contribution in [0.2, 0.25) is 0 Å². The molecule has 5 nitrogen and oxygen atoms in total. The van der Waals surface area contributed by atoms with Gasteiger partial charge in [-0.2, -0.15) is 0 Å². The summed E-state index contributed by atoms with van der Waals surface area (Å²) in [6.07, 6.45) is 0.863. The number of likely N-dealkylation sites (N-methyl/N-ethyl adjacent to an activating group) is 1. The van der Waals surface area contributed by atoms with Crippen LogP contribution in [0.25, 0.3) is 0 Å². The molecule has 0 aliphatic carbocycles. The lowest BCUT2D eigenvalue weighted by atomic mass is 10.1. The molecule has 0 bridgehead atoms. The van der Waals surface area contributed by atoms with Crippen molar-refractivity contribution < 1.29 is 14.3 Å². The predicted octanol–water partition coefficient (Wildman–Crippen LogP) is 1.33. The number of hydrogen-bond donors (Lipinski definition) is 1. The number of ether oxygens (including phenoxy) is 2. The van der Waals surface area contributed by atoms with Crippen molar-refractivity contribution in [2.45, 2.75) is 25.9 Å². The van der Waals surface area contributed by atoms with Crippen LogP contribution in [0.1, 0.15) is 17.5 Å². The third kappa shape index (κ3) is 2.88. The molecule has 1 aromatic rings. The fraction of sp³-hybridized carbons (Fsp3) is 0.533. The SMILES string of the molecule is COc1cc(C)c(CN[C@H]2CCN(C)C2=O)cc1OC. The normalized spacial score (nSPS) is 18.5. The minimum Gasteiger partial charge on any atom is -0.493 e. The van der Waals surface area contributed by atoms with Gasteiger partial charge in [0.05, 0.1) is 20.3 Å². The second-order valence-corrected chi connectivity index (χ2v) is 5.12. The molecule has 1 aromatic carbocycles. The number of nitrogens with zero attached hydrogens (tertiary/aromatic N) is 1. The van der Waals surface area contributed by atoms with Crippen LogP contribution >= 0.6 is 0 Å². The zero-order valence-corrected chi connectivity index (χ0v) is 12.5. The van der Waals surface area contributed by atoms with Gasteiger partial charge < -0.3 is 19.7 Å². The standard InChI is InChI=1S/C15H22N2O3/c1-10-7-13(19-3)14(20-4)8-11(10)9-16-12-5-6-17(2)15(12)18/h7-8,12,16H,5-6,9H2,1-4H3/t12-/m0/s1. The lowest BCUT2D eigenvalue weighted by Gasteiger charge is -2.15. The monoisotopic (exact) mass is 278 g/mol. The first-order valence-electron chi connectivity index (χ1n) is 6.76. The molecule has 0 radical (unpaired) electrons. The lowest BCUT2D eigenvalue weighted by molar-refractivity contribution is -0.128. The second kappa shape index (κ2) is 6.13. The van der Waals surface area contributed by atoms with E-state index in [0.29, 0.717) is 12.3 Å². The average Bonchev–Trinajstić information content (AvgIpc) is 2.77. The quantitative estimate of drug-likeness (QED) is 0.883. The van der Waals surface area contributed by atoms with Crippen molar-refractivity contribution in [3.63, 3.8) is 0 Å².